The summed E-state index contributed by atoms with van der Waals surface area (Å²) >= 11 is 11.7. The summed E-state index contributed by atoms with van der Waals surface area (Å²) in [6.07, 6.45) is 0. The van der Waals surface area contributed by atoms with E-state index in [4.69, 9.17) is 23.2 Å². The average molecular weight is 316 g/mol. The highest BCUT2D eigenvalue weighted by atomic mass is 35.5. The molecule has 0 aliphatic rings. The second-order valence-corrected chi connectivity index (χ2v) is 5.43. The zero-order valence-electron chi connectivity index (χ0n) is 11.0. The molecule has 0 bridgehead atoms. The molecule has 1 unspecified atom stereocenters. The molecule has 0 saturated carbocycles. The van der Waals surface area contributed by atoms with Gasteiger partial charge in [0.05, 0.1) is 11.1 Å². The van der Waals surface area contributed by atoms with E-state index in [1.165, 1.54) is 18.2 Å². The predicted octanol–water partition coefficient (Wildman–Crippen LogP) is 5.75. The van der Waals surface area contributed by atoms with E-state index >= 15 is 0 Å². The normalized spacial score (nSPS) is 12.3. The molecule has 0 fully saturated rings. The molecule has 1 nitrogen and oxygen atoms in total. The number of aryl methyl sites for hydroxylation is 1. The van der Waals surface area contributed by atoms with Crippen LogP contribution in [0.3, 0.4) is 0 Å². The third-order valence-electron chi connectivity index (χ3n) is 3.05. The Kier molecular flexibility index (Phi) is 4.51. The molecule has 1 N–H and O–H groups in total. The Morgan fingerprint density at radius 2 is 1.70 bits per heavy atom. The van der Waals surface area contributed by atoms with Gasteiger partial charge < -0.3 is 5.32 Å². The summed E-state index contributed by atoms with van der Waals surface area (Å²) in [5.41, 5.74) is 1.87. The summed E-state index contributed by atoms with van der Waals surface area (Å²) in [4.78, 5) is 0. The van der Waals surface area contributed by atoms with Gasteiger partial charge in [-0.2, -0.15) is 0 Å². The predicted molar refractivity (Wildman–Crippen MR) is 79.6 cm³/mol. The summed E-state index contributed by atoms with van der Waals surface area (Å²) in [6.45, 7) is 3.52. The number of anilines is 1. The van der Waals surface area contributed by atoms with Crippen molar-refractivity contribution in [2.45, 2.75) is 19.9 Å². The van der Waals surface area contributed by atoms with Crippen molar-refractivity contribution in [2.24, 2.45) is 0 Å². The van der Waals surface area contributed by atoms with E-state index in [0.29, 0.717) is 16.1 Å². The van der Waals surface area contributed by atoms with Crippen LogP contribution in [0.15, 0.2) is 30.3 Å². The van der Waals surface area contributed by atoms with Gasteiger partial charge in [0.25, 0.3) is 0 Å². The molecule has 0 aromatic heterocycles. The van der Waals surface area contributed by atoms with Crippen LogP contribution in [0.5, 0.6) is 0 Å². The van der Waals surface area contributed by atoms with Gasteiger partial charge in [-0.25, -0.2) is 8.78 Å². The minimum absolute atomic E-state index is 0.0106. The summed E-state index contributed by atoms with van der Waals surface area (Å²) in [5, 5.41) is 3.53. The maximum absolute atomic E-state index is 13.5. The van der Waals surface area contributed by atoms with Crippen LogP contribution in [-0.4, -0.2) is 0 Å². The van der Waals surface area contributed by atoms with Crippen LogP contribution in [0.25, 0.3) is 0 Å². The summed E-state index contributed by atoms with van der Waals surface area (Å²) in [5.74, 6) is -0.784. The van der Waals surface area contributed by atoms with E-state index in [-0.39, 0.29) is 16.9 Å². The van der Waals surface area contributed by atoms with Crippen LogP contribution in [0.2, 0.25) is 10.0 Å². The summed E-state index contributed by atoms with van der Waals surface area (Å²) in [6, 6.07) is 7.14. The quantitative estimate of drug-likeness (QED) is 0.711. The smallest absolute Gasteiger partial charge is 0.142 e. The fourth-order valence-corrected chi connectivity index (χ4v) is 2.48. The van der Waals surface area contributed by atoms with Crippen molar-refractivity contribution in [1.82, 2.24) is 0 Å². The SMILES string of the molecule is Cc1cc(NC(C)c2cc(F)c(Cl)cc2Cl)ccc1F. The largest absolute Gasteiger partial charge is 0.378 e. The van der Waals surface area contributed by atoms with Gasteiger partial charge in [0.2, 0.25) is 0 Å². The highest BCUT2D eigenvalue weighted by molar-refractivity contribution is 6.35. The van der Waals surface area contributed by atoms with Crippen molar-refractivity contribution in [3.05, 3.63) is 63.1 Å². The van der Waals surface area contributed by atoms with Gasteiger partial charge in [0.1, 0.15) is 11.6 Å². The van der Waals surface area contributed by atoms with E-state index in [1.54, 1.807) is 19.1 Å². The van der Waals surface area contributed by atoms with Crippen LogP contribution < -0.4 is 5.32 Å². The van der Waals surface area contributed by atoms with E-state index in [0.717, 1.165) is 5.69 Å². The molecule has 2 aromatic rings. The highest BCUT2D eigenvalue weighted by Gasteiger charge is 2.13. The molecule has 0 amide bonds. The Hall–Kier alpha value is -1.32. The molecule has 1 atom stereocenters. The van der Waals surface area contributed by atoms with Gasteiger partial charge in [-0.15, -0.1) is 0 Å². The Morgan fingerprint density at radius 1 is 1.00 bits per heavy atom. The number of nitrogens with one attached hydrogen (secondary N) is 1. The number of hydrogen-bond donors (Lipinski definition) is 1. The highest BCUT2D eigenvalue weighted by Crippen LogP contribution is 2.30. The molecule has 106 valence electrons. The minimum atomic E-state index is -0.519. The molecular weight excluding hydrogens is 303 g/mol. The van der Waals surface area contributed by atoms with E-state index in [1.807, 2.05) is 6.92 Å². The first-order valence-electron chi connectivity index (χ1n) is 6.05. The number of benzene rings is 2. The topological polar surface area (TPSA) is 12.0 Å². The van der Waals surface area contributed by atoms with E-state index in [2.05, 4.69) is 5.32 Å². The van der Waals surface area contributed by atoms with Gasteiger partial charge in [0.15, 0.2) is 0 Å². The van der Waals surface area contributed by atoms with Crippen LogP contribution >= 0.6 is 23.2 Å². The standard InChI is InChI=1S/C15H13Cl2F2N/c1-8-5-10(3-4-14(8)18)20-9(2)11-6-15(19)13(17)7-12(11)16/h3-7,9,20H,1-2H3. The molecule has 0 saturated heterocycles. The first-order valence-corrected chi connectivity index (χ1v) is 6.81. The van der Waals surface area contributed by atoms with Gasteiger partial charge in [0, 0.05) is 10.7 Å². The zero-order chi connectivity index (χ0) is 14.9. The molecular formula is C15H13Cl2F2N. The fourth-order valence-electron chi connectivity index (χ4n) is 1.93. The lowest BCUT2D eigenvalue weighted by atomic mass is 10.1. The second-order valence-electron chi connectivity index (χ2n) is 4.62. The lowest BCUT2D eigenvalue weighted by Gasteiger charge is -2.18. The minimum Gasteiger partial charge on any atom is -0.378 e. The van der Waals surface area contributed by atoms with Crippen LogP contribution in [0, 0.1) is 18.6 Å². The van der Waals surface area contributed by atoms with E-state index < -0.39 is 5.82 Å². The van der Waals surface area contributed by atoms with Crippen molar-refractivity contribution in [3.8, 4) is 0 Å². The molecule has 0 heterocycles. The Labute approximate surface area is 126 Å². The van der Waals surface area contributed by atoms with E-state index in [9.17, 15) is 8.78 Å². The zero-order valence-corrected chi connectivity index (χ0v) is 12.5. The van der Waals surface area contributed by atoms with Gasteiger partial charge in [-0.1, -0.05) is 23.2 Å². The first kappa shape index (κ1) is 15.1. The molecule has 0 aliphatic carbocycles. The average Bonchev–Trinajstić information content (AvgIpc) is 2.38. The number of halogens is 4. The van der Waals surface area contributed by atoms with Crippen molar-refractivity contribution in [3.63, 3.8) is 0 Å². The van der Waals surface area contributed by atoms with Crippen LogP contribution in [0.4, 0.5) is 14.5 Å². The molecule has 2 rings (SSSR count). The Bertz CT molecular complexity index is 644. The molecule has 0 radical (unpaired) electrons. The van der Waals surface area contributed by atoms with Crippen molar-refractivity contribution in [2.75, 3.05) is 5.32 Å². The van der Waals surface area contributed by atoms with Crippen LogP contribution in [-0.2, 0) is 0 Å². The number of rotatable bonds is 3. The monoisotopic (exact) mass is 315 g/mol. The van der Waals surface area contributed by atoms with Crippen LogP contribution in [0.1, 0.15) is 24.1 Å². The second kappa shape index (κ2) is 5.98. The van der Waals surface area contributed by atoms with Crippen molar-refractivity contribution in [1.29, 1.82) is 0 Å². The molecule has 5 heteroatoms. The van der Waals surface area contributed by atoms with Gasteiger partial charge >= 0.3 is 0 Å². The van der Waals surface area contributed by atoms with Crippen molar-refractivity contribution < 1.29 is 8.78 Å². The lowest BCUT2D eigenvalue weighted by Crippen LogP contribution is -2.08. The van der Waals surface area contributed by atoms with Gasteiger partial charge in [-0.3, -0.25) is 0 Å². The third-order valence-corrected chi connectivity index (χ3v) is 3.66. The maximum atomic E-state index is 13.5. The van der Waals surface area contributed by atoms with Gasteiger partial charge in [-0.05, 0) is 55.3 Å². The fraction of sp³-hybridized carbons (Fsp3) is 0.200. The molecule has 0 aliphatic heterocycles. The first-order chi connectivity index (χ1) is 9.38. The molecule has 0 spiro atoms. The number of hydrogen-bond acceptors (Lipinski definition) is 1. The molecule has 20 heavy (non-hydrogen) atoms. The Morgan fingerprint density at radius 3 is 2.35 bits per heavy atom. The summed E-state index contributed by atoms with van der Waals surface area (Å²) in [7, 11) is 0. The van der Waals surface area contributed by atoms with Crippen molar-refractivity contribution >= 4 is 28.9 Å². The third kappa shape index (κ3) is 3.22. The maximum Gasteiger partial charge on any atom is 0.142 e. The summed E-state index contributed by atoms with van der Waals surface area (Å²) < 4.78 is 26.7. The lowest BCUT2D eigenvalue weighted by molar-refractivity contribution is 0.618. The Balaban J connectivity index is 2.25. The molecule has 2 aromatic carbocycles.